The van der Waals surface area contributed by atoms with Crippen molar-refractivity contribution in [2.24, 2.45) is 0 Å². The van der Waals surface area contributed by atoms with E-state index < -0.39 is 16.0 Å². The minimum Gasteiger partial charge on any atom is -0.465 e. The van der Waals surface area contributed by atoms with Gasteiger partial charge in [0.15, 0.2) is 0 Å². The molecule has 2 rings (SSSR count). The van der Waals surface area contributed by atoms with Gasteiger partial charge >= 0.3 is 5.97 Å². The highest BCUT2D eigenvalue weighted by molar-refractivity contribution is 7.89. The van der Waals surface area contributed by atoms with Crippen molar-refractivity contribution in [3.05, 3.63) is 28.8 Å². The van der Waals surface area contributed by atoms with Crippen LogP contribution in [0.1, 0.15) is 23.2 Å². The Balaban J connectivity index is 2.21. The fourth-order valence-electron chi connectivity index (χ4n) is 2.19. The minimum absolute atomic E-state index is 0.000616. The van der Waals surface area contributed by atoms with E-state index in [4.69, 9.17) is 11.6 Å². The minimum atomic E-state index is -3.70. The van der Waals surface area contributed by atoms with E-state index in [1.54, 1.807) is 0 Å². The number of hydrogen-bond acceptors (Lipinski definition) is 5. The first-order valence-electron chi connectivity index (χ1n) is 6.55. The Kier molecular flexibility index (Phi) is 5.21. The molecule has 1 heterocycles. The van der Waals surface area contributed by atoms with Gasteiger partial charge in [0.05, 0.1) is 17.7 Å². The third-order valence-electron chi connectivity index (χ3n) is 3.30. The zero-order chi connectivity index (χ0) is 15.5. The lowest BCUT2D eigenvalue weighted by Gasteiger charge is -2.23. The van der Waals surface area contributed by atoms with Gasteiger partial charge in [-0.2, -0.15) is 0 Å². The maximum absolute atomic E-state index is 12.3. The summed E-state index contributed by atoms with van der Waals surface area (Å²) >= 11 is 5.99. The Labute approximate surface area is 128 Å². The van der Waals surface area contributed by atoms with Crippen LogP contribution >= 0.6 is 11.6 Å². The lowest BCUT2D eigenvalue weighted by Crippen LogP contribution is -2.42. The standard InChI is InChI=1S/C13H17ClN2O4S/c1-20-13(17)9-2-3-12(11(14)8-9)21(18,19)16-10-4-6-15-7-5-10/h2-3,8,10,15-16H,4-7H2,1H3. The highest BCUT2D eigenvalue weighted by Crippen LogP contribution is 2.23. The molecule has 0 spiro atoms. The van der Waals surface area contributed by atoms with Crippen LogP contribution < -0.4 is 10.0 Å². The van der Waals surface area contributed by atoms with E-state index in [9.17, 15) is 13.2 Å². The zero-order valence-electron chi connectivity index (χ0n) is 11.6. The average molecular weight is 333 g/mol. The van der Waals surface area contributed by atoms with E-state index in [2.05, 4.69) is 14.8 Å². The van der Waals surface area contributed by atoms with Crippen molar-refractivity contribution in [1.82, 2.24) is 10.0 Å². The highest BCUT2D eigenvalue weighted by Gasteiger charge is 2.24. The number of halogens is 1. The summed E-state index contributed by atoms with van der Waals surface area (Å²) in [6, 6.07) is 3.89. The van der Waals surface area contributed by atoms with Gasteiger partial charge < -0.3 is 10.1 Å². The molecule has 21 heavy (non-hydrogen) atoms. The van der Waals surface area contributed by atoms with Crippen molar-refractivity contribution in [3.63, 3.8) is 0 Å². The summed E-state index contributed by atoms with van der Waals surface area (Å²) < 4.78 is 31.9. The normalized spacial score (nSPS) is 16.7. The number of hydrogen-bond donors (Lipinski definition) is 2. The first-order chi connectivity index (χ1) is 9.94. The van der Waals surface area contributed by atoms with Gasteiger partial charge in [-0.1, -0.05) is 11.6 Å². The van der Waals surface area contributed by atoms with E-state index in [-0.39, 0.29) is 21.5 Å². The summed E-state index contributed by atoms with van der Waals surface area (Å²) in [5, 5.41) is 3.17. The second kappa shape index (κ2) is 6.74. The summed E-state index contributed by atoms with van der Waals surface area (Å²) in [4.78, 5) is 11.4. The Morgan fingerprint density at radius 1 is 1.38 bits per heavy atom. The quantitative estimate of drug-likeness (QED) is 0.808. The first-order valence-corrected chi connectivity index (χ1v) is 8.41. The number of sulfonamides is 1. The van der Waals surface area contributed by atoms with Crippen LogP contribution in [0, 0.1) is 0 Å². The smallest absolute Gasteiger partial charge is 0.337 e. The number of piperidine rings is 1. The maximum Gasteiger partial charge on any atom is 0.337 e. The Morgan fingerprint density at radius 3 is 2.62 bits per heavy atom. The van der Waals surface area contributed by atoms with E-state index in [0.29, 0.717) is 0 Å². The van der Waals surface area contributed by atoms with Crippen molar-refractivity contribution in [1.29, 1.82) is 0 Å². The van der Waals surface area contributed by atoms with Crippen molar-refractivity contribution in [2.45, 2.75) is 23.8 Å². The fraction of sp³-hybridized carbons (Fsp3) is 0.462. The average Bonchev–Trinajstić information content (AvgIpc) is 2.46. The molecular formula is C13H17ClN2O4S. The lowest BCUT2D eigenvalue weighted by atomic mass is 10.1. The summed E-state index contributed by atoms with van der Waals surface area (Å²) in [5.74, 6) is -0.563. The molecule has 0 aromatic heterocycles. The van der Waals surface area contributed by atoms with E-state index in [0.717, 1.165) is 25.9 Å². The molecule has 2 N–H and O–H groups in total. The van der Waals surface area contributed by atoms with Crippen molar-refractivity contribution >= 4 is 27.6 Å². The lowest BCUT2D eigenvalue weighted by molar-refractivity contribution is 0.0600. The molecular weight excluding hydrogens is 316 g/mol. The highest BCUT2D eigenvalue weighted by atomic mass is 35.5. The van der Waals surface area contributed by atoms with Crippen LogP contribution in [0.4, 0.5) is 0 Å². The molecule has 0 amide bonds. The number of esters is 1. The molecule has 1 saturated heterocycles. The predicted octanol–water partition coefficient (Wildman–Crippen LogP) is 1.16. The molecule has 8 heteroatoms. The van der Waals surface area contributed by atoms with Gasteiger partial charge in [0.1, 0.15) is 4.90 Å². The second-order valence-corrected chi connectivity index (χ2v) is 6.87. The number of methoxy groups -OCH3 is 1. The number of carbonyl (C=O) groups excluding carboxylic acids is 1. The van der Waals surface area contributed by atoms with Gasteiger partial charge in [0.2, 0.25) is 10.0 Å². The second-order valence-electron chi connectivity index (χ2n) is 4.78. The molecule has 1 aliphatic rings. The van der Waals surface area contributed by atoms with Gasteiger partial charge in [-0.15, -0.1) is 0 Å². The molecule has 0 aliphatic carbocycles. The van der Waals surface area contributed by atoms with E-state index >= 15 is 0 Å². The summed E-state index contributed by atoms with van der Waals surface area (Å²) in [7, 11) is -2.45. The monoisotopic (exact) mass is 332 g/mol. The van der Waals surface area contributed by atoms with E-state index in [1.807, 2.05) is 0 Å². The number of ether oxygens (including phenoxy) is 1. The number of carbonyl (C=O) groups is 1. The molecule has 0 radical (unpaired) electrons. The molecule has 1 aromatic rings. The Morgan fingerprint density at radius 2 is 2.05 bits per heavy atom. The van der Waals surface area contributed by atoms with Gasteiger partial charge in [-0.05, 0) is 44.1 Å². The number of rotatable bonds is 4. The van der Waals surface area contributed by atoms with Crippen molar-refractivity contribution in [2.75, 3.05) is 20.2 Å². The van der Waals surface area contributed by atoms with Gasteiger partial charge in [-0.3, -0.25) is 0 Å². The molecule has 0 atom stereocenters. The van der Waals surface area contributed by atoms with E-state index in [1.165, 1.54) is 25.3 Å². The molecule has 0 saturated carbocycles. The predicted molar refractivity (Wildman–Crippen MR) is 79.0 cm³/mol. The Hall–Kier alpha value is -1.15. The Bertz CT molecular complexity index is 627. The SMILES string of the molecule is COC(=O)c1ccc(S(=O)(=O)NC2CCNCC2)c(Cl)c1. The largest absolute Gasteiger partial charge is 0.465 e. The van der Waals surface area contributed by atoms with Crippen LogP contribution in [-0.4, -0.2) is 40.6 Å². The summed E-state index contributed by atoms with van der Waals surface area (Å²) in [5.41, 5.74) is 0.211. The van der Waals surface area contributed by atoms with Crippen LogP contribution in [0.3, 0.4) is 0 Å². The topological polar surface area (TPSA) is 84.5 Å². The molecule has 1 aliphatic heterocycles. The summed E-state index contributed by atoms with van der Waals surface area (Å²) in [6.07, 6.45) is 1.47. The van der Waals surface area contributed by atoms with Crippen molar-refractivity contribution in [3.8, 4) is 0 Å². The molecule has 1 fully saturated rings. The van der Waals surface area contributed by atoms with Crippen LogP contribution in [0.15, 0.2) is 23.1 Å². The van der Waals surface area contributed by atoms with Gasteiger partial charge in [0, 0.05) is 6.04 Å². The maximum atomic E-state index is 12.3. The molecule has 0 unspecified atom stereocenters. The summed E-state index contributed by atoms with van der Waals surface area (Å²) in [6.45, 7) is 1.56. The van der Waals surface area contributed by atoms with Crippen molar-refractivity contribution < 1.29 is 17.9 Å². The molecule has 0 bridgehead atoms. The van der Waals surface area contributed by atoms with Crippen LogP contribution in [0.25, 0.3) is 0 Å². The fourth-order valence-corrected chi connectivity index (χ4v) is 4.04. The van der Waals surface area contributed by atoms with Gasteiger partial charge in [-0.25, -0.2) is 17.9 Å². The number of benzene rings is 1. The first kappa shape index (κ1) is 16.2. The zero-order valence-corrected chi connectivity index (χ0v) is 13.1. The van der Waals surface area contributed by atoms with Crippen LogP contribution in [0.2, 0.25) is 5.02 Å². The third-order valence-corrected chi connectivity index (χ3v) is 5.31. The van der Waals surface area contributed by atoms with Crippen LogP contribution in [0.5, 0.6) is 0 Å². The molecule has 1 aromatic carbocycles. The third kappa shape index (κ3) is 3.94. The molecule has 6 nitrogen and oxygen atoms in total. The van der Waals surface area contributed by atoms with Gasteiger partial charge in [0.25, 0.3) is 0 Å². The van der Waals surface area contributed by atoms with Crippen LogP contribution in [-0.2, 0) is 14.8 Å². The number of nitrogens with one attached hydrogen (secondary N) is 2. The molecule has 116 valence electrons.